The van der Waals surface area contributed by atoms with Crippen LogP contribution in [0, 0.1) is 0 Å². The minimum atomic E-state index is -0.0635. The highest BCUT2D eigenvalue weighted by Gasteiger charge is 2.13. The quantitative estimate of drug-likeness (QED) is 0.260. The molecular weight excluding hydrogens is 476 g/mol. The van der Waals surface area contributed by atoms with E-state index in [0.29, 0.717) is 18.7 Å². The molecule has 0 spiro atoms. The van der Waals surface area contributed by atoms with Crippen molar-refractivity contribution in [2.24, 2.45) is 0 Å². The lowest BCUT2D eigenvalue weighted by Gasteiger charge is -2.10. The highest BCUT2D eigenvalue weighted by atomic mass is 32.2. The van der Waals surface area contributed by atoms with Crippen molar-refractivity contribution in [1.29, 1.82) is 0 Å². The molecule has 2 aromatic carbocycles. The zero-order valence-corrected chi connectivity index (χ0v) is 20.8. The third-order valence-electron chi connectivity index (χ3n) is 5.60. The maximum absolute atomic E-state index is 12.4. The maximum atomic E-state index is 12.4. The number of thioether (sulfide) groups is 1. The zero-order chi connectivity index (χ0) is 24.0. The van der Waals surface area contributed by atoms with Crippen LogP contribution in [0.5, 0.6) is 5.75 Å². The summed E-state index contributed by atoms with van der Waals surface area (Å²) in [6.07, 6.45) is 3.63. The smallest absolute Gasteiger partial charge is 0.251 e. The van der Waals surface area contributed by atoms with Crippen molar-refractivity contribution in [2.45, 2.75) is 24.0 Å². The van der Waals surface area contributed by atoms with Crippen molar-refractivity contribution in [2.75, 3.05) is 7.11 Å². The van der Waals surface area contributed by atoms with E-state index >= 15 is 0 Å². The van der Waals surface area contributed by atoms with Gasteiger partial charge in [0.25, 0.3) is 5.91 Å². The second-order valence-electron chi connectivity index (χ2n) is 7.94. The van der Waals surface area contributed by atoms with Gasteiger partial charge >= 0.3 is 0 Å². The predicted octanol–water partition coefficient (Wildman–Crippen LogP) is 5.77. The van der Waals surface area contributed by atoms with Crippen LogP contribution < -0.4 is 10.1 Å². The summed E-state index contributed by atoms with van der Waals surface area (Å²) < 4.78 is 7.48. The fourth-order valence-electron chi connectivity index (χ4n) is 3.71. The van der Waals surface area contributed by atoms with Crippen molar-refractivity contribution in [3.8, 4) is 5.75 Å². The Labute approximate surface area is 212 Å². The number of nitrogens with zero attached hydrogens (tertiary/aromatic N) is 3. The number of ether oxygens (including phenoxy) is 1. The number of imidazole rings is 1. The summed E-state index contributed by atoms with van der Waals surface area (Å²) in [5.74, 6) is 1.52. The molecule has 0 saturated heterocycles. The van der Waals surface area contributed by atoms with Gasteiger partial charge < -0.3 is 14.6 Å². The average molecular weight is 501 g/mol. The largest absolute Gasteiger partial charge is 0.497 e. The van der Waals surface area contributed by atoms with Gasteiger partial charge in [0.15, 0.2) is 5.16 Å². The lowest BCUT2D eigenvalue weighted by Crippen LogP contribution is -2.22. The molecule has 6 nitrogen and oxygen atoms in total. The van der Waals surface area contributed by atoms with Crippen LogP contribution in [0.3, 0.4) is 0 Å². The van der Waals surface area contributed by atoms with Gasteiger partial charge in [0.2, 0.25) is 0 Å². The molecule has 35 heavy (non-hydrogen) atoms. The third kappa shape index (κ3) is 5.55. The number of pyridine rings is 1. The van der Waals surface area contributed by atoms with E-state index in [1.54, 1.807) is 36.4 Å². The topological polar surface area (TPSA) is 69.0 Å². The number of aromatic nitrogens is 3. The van der Waals surface area contributed by atoms with Gasteiger partial charge in [0, 0.05) is 22.4 Å². The third-order valence-corrected chi connectivity index (χ3v) is 7.53. The molecule has 5 rings (SSSR count). The van der Waals surface area contributed by atoms with E-state index in [1.807, 2.05) is 66.2 Å². The summed E-state index contributed by atoms with van der Waals surface area (Å²) in [6.45, 7) is 1.24. The van der Waals surface area contributed by atoms with Crippen LogP contribution >= 0.6 is 23.1 Å². The Morgan fingerprint density at radius 1 is 1.06 bits per heavy atom. The molecule has 5 aromatic rings. The first-order valence-corrected chi connectivity index (χ1v) is 13.0. The Bertz CT molecular complexity index is 1410. The van der Waals surface area contributed by atoms with Gasteiger partial charge in [-0.05, 0) is 52.9 Å². The van der Waals surface area contributed by atoms with Crippen LogP contribution in [0.4, 0.5) is 0 Å². The van der Waals surface area contributed by atoms with Gasteiger partial charge in [0.05, 0.1) is 37.4 Å². The first-order valence-electron chi connectivity index (χ1n) is 11.1. The Kier molecular flexibility index (Phi) is 7.11. The second-order valence-corrected chi connectivity index (χ2v) is 9.92. The van der Waals surface area contributed by atoms with Gasteiger partial charge in [-0.25, -0.2) is 4.98 Å². The van der Waals surface area contributed by atoms with Crippen LogP contribution in [-0.2, 0) is 18.8 Å². The molecule has 0 radical (unpaired) electrons. The van der Waals surface area contributed by atoms with Gasteiger partial charge in [-0.2, -0.15) is 0 Å². The minimum absolute atomic E-state index is 0.0635. The van der Waals surface area contributed by atoms with E-state index in [1.165, 1.54) is 0 Å². The zero-order valence-electron chi connectivity index (χ0n) is 19.2. The first kappa shape index (κ1) is 23.1. The molecule has 0 aliphatic heterocycles. The Balaban J connectivity index is 1.28. The van der Waals surface area contributed by atoms with Crippen LogP contribution in [0.25, 0.3) is 11.0 Å². The molecule has 1 N–H and O–H groups in total. The van der Waals surface area contributed by atoms with Crippen LogP contribution in [-0.4, -0.2) is 27.6 Å². The first-order chi connectivity index (χ1) is 17.2. The number of nitrogens with one attached hydrogen (secondary N) is 1. The molecule has 0 saturated carbocycles. The Hall–Kier alpha value is -3.62. The lowest BCUT2D eigenvalue weighted by molar-refractivity contribution is 0.0951. The molecular formula is C27H24N4O2S2. The molecule has 0 bridgehead atoms. The van der Waals surface area contributed by atoms with Crippen LogP contribution in [0.15, 0.2) is 89.7 Å². The van der Waals surface area contributed by atoms with Gasteiger partial charge in [-0.3, -0.25) is 9.78 Å². The highest BCUT2D eigenvalue weighted by molar-refractivity contribution is 7.98. The fourth-order valence-corrected chi connectivity index (χ4v) is 5.32. The number of benzene rings is 2. The molecule has 0 unspecified atom stereocenters. The van der Waals surface area contributed by atoms with Crippen LogP contribution in [0.1, 0.15) is 26.4 Å². The SMILES string of the molecule is COc1ccc(Cn2c(SCc3ccc(C(=O)NCc4cccs4)cc3)nc3ccncc32)cc1. The molecule has 176 valence electrons. The summed E-state index contributed by atoms with van der Waals surface area (Å²) in [7, 11) is 1.67. The van der Waals surface area contributed by atoms with E-state index < -0.39 is 0 Å². The fraction of sp³-hybridized carbons (Fsp3) is 0.148. The van der Waals surface area contributed by atoms with E-state index in [0.717, 1.165) is 43.7 Å². The van der Waals surface area contributed by atoms with Gasteiger partial charge in [-0.15, -0.1) is 11.3 Å². The number of methoxy groups -OCH3 is 1. The number of rotatable bonds is 9. The summed E-state index contributed by atoms with van der Waals surface area (Å²) >= 11 is 3.31. The van der Waals surface area contributed by atoms with Gasteiger partial charge in [0.1, 0.15) is 5.75 Å². The molecule has 0 aliphatic rings. The number of hydrogen-bond acceptors (Lipinski definition) is 6. The lowest BCUT2D eigenvalue weighted by atomic mass is 10.1. The number of fused-ring (bicyclic) bond motifs is 1. The van der Waals surface area contributed by atoms with Crippen molar-refractivity contribution < 1.29 is 9.53 Å². The van der Waals surface area contributed by atoms with E-state index in [9.17, 15) is 4.79 Å². The second kappa shape index (κ2) is 10.8. The predicted molar refractivity (Wildman–Crippen MR) is 141 cm³/mol. The Morgan fingerprint density at radius 3 is 2.60 bits per heavy atom. The van der Waals surface area contributed by atoms with E-state index in [2.05, 4.69) is 27.0 Å². The van der Waals surface area contributed by atoms with E-state index in [4.69, 9.17) is 9.72 Å². The summed E-state index contributed by atoms with van der Waals surface area (Å²) in [6, 6.07) is 21.8. The number of carbonyl (C=O) groups is 1. The highest BCUT2D eigenvalue weighted by Crippen LogP contribution is 2.28. The average Bonchev–Trinajstić information content (AvgIpc) is 3.55. The molecule has 1 amide bonds. The molecule has 8 heteroatoms. The normalized spacial score (nSPS) is 11.0. The molecule has 0 atom stereocenters. The monoisotopic (exact) mass is 500 g/mol. The van der Waals surface area contributed by atoms with Crippen LogP contribution in [0.2, 0.25) is 0 Å². The van der Waals surface area contributed by atoms with Crippen molar-refractivity contribution in [3.05, 3.63) is 106 Å². The molecule has 3 aromatic heterocycles. The molecule has 0 aliphatic carbocycles. The van der Waals surface area contributed by atoms with Crippen molar-refractivity contribution in [3.63, 3.8) is 0 Å². The molecule has 0 fully saturated rings. The van der Waals surface area contributed by atoms with E-state index in [-0.39, 0.29) is 5.91 Å². The number of carbonyl (C=O) groups excluding carboxylic acids is 1. The summed E-state index contributed by atoms with van der Waals surface area (Å²) in [4.78, 5) is 22.7. The minimum Gasteiger partial charge on any atom is -0.497 e. The van der Waals surface area contributed by atoms with Crippen molar-refractivity contribution in [1.82, 2.24) is 19.9 Å². The number of thiophene rings is 1. The summed E-state index contributed by atoms with van der Waals surface area (Å²) in [5.41, 5.74) is 4.88. The number of hydrogen-bond donors (Lipinski definition) is 1. The van der Waals surface area contributed by atoms with Crippen molar-refractivity contribution >= 4 is 40.0 Å². The molecule has 3 heterocycles. The maximum Gasteiger partial charge on any atom is 0.251 e. The Morgan fingerprint density at radius 2 is 1.86 bits per heavy atom. The standard InChI is InChI=1S/C27H24N4O2S2/c1-33-22-10-6-19(7-11-22)17-31-25-16-28-13-12-24(25)30-27(31)35-18-20-4-8-21(9-5-20)26(32)29-15-23-3-2-14-34-23/h2-14,16H,15,17-18H2,1H3,(H,29,32). The van der Waals surface area contributed by atoms with Gasteiger partial charge in [-0.1, -0.05) is 42.1 Å². The summed E-state index contributed by atoms with van der Waals surface area (Å²) in [5, 5.41) is 5.91. The number of amides is 1.